The van der Waals surface area contributed by atoms with Crippen LogP contribution in [-0.4, -0.2) is 64.0 Å². The van der Waals surface area contributed by atoms with Crippen LogP contribution < -0.4 is 10.3 Å². The first-order valence-corrected chi connectivity index (χ1v) is 10.3. The molecule has 2 aliphatic heterocycles. The molecule has 2 aromatic rings. The first-order valence-electron chi connectivity index (χ1n) is 10.3. The molecule has 0 spiro atoms. The fourth-order valence-electron chi connectivity index (χ4n) is 4.65. The number of rotatable bonds is 5. The standard InChI is InChI=1S/C21H23F2N3O4/c22-15-8-13-17(26(12-2-3-12)9-14(19(13)27)20(28)29)16(23)18(15)25-7-4-21(30,11-25)10-24-5-1-6-24/h8-9,12,30H,1-7,10-11H2,(H,28,29). The van der Waals surface area contributed by atoms with E-state index >= 15 is 8.78 Å². The second-order valence-corrected chi connectivity index (χ2v) is 8.76. The van der Waals surface area contributed by atoms with E-state index in [1.807, 2.05) is 0 Å². The molecule has 1 aromatic heterocycles. The van der Waals surface area contributed by atoms with Crippen LogP contribution in [0.3, 0.4) is 0 Å². The summed E-state index contributed by atoms with van der Waals surface area (Å²) in [5.74, 6) is -3.22. The molecule has 0 bridgehead atoms. The summed E-state index contributed by atoms with van der Waals surface area (Å²) in [4.78, 5) is 27.7. The molecule has 3 aliphatic rings. The zero-order valence-corrected chi connectivity index (χ0v) is 16.4. The van der Waals surface area contributed by atoms with Gasteiger partial charge in [-0.15, -0.1) is 0 Å². The predicted octanol–water partition coefficient (Wildman–Crippen LogP) is 1.96. The van der Waals surface area contributed by atoms with Crippen LogP contribution in [0.5, 0.6) is 0 Å². The molecule has 160 valence electrons. The van der Waals surface area contributed by atoms with Crippen molar-refractivity contribution in [3.63, 3.8) is 0 Å². The van der Waals surface area contributed by atoms with Gasteiger partial charge in [-0.1, -0.05) is 0 Å². The smallest absolute Gasteiger partial charge is 0.341 e. The highest BCUT2D eigenvalue weighted by molar-refractivity contribution is 5.94. The number of carboxylic acid groups (broad SMARTS) is 1. The van der Waals surface area contributed by atoms with E-state index in [0.717, 1.165) is 38.4 Å². The minimum atomic E-state index is -1.42. The summed E-state index contributed by atoms with van der Waals surface area (Å²) in [5.41, 5.74) is -2.76. The van der Waals surface area contributed by atoms with E-state index in [4.69, 9.17) is 0 Å². The molecule has 5 rings (SSSR count). The average Bonchev–Trinajstić information content (AvgIpc) is 3.42. The number of fused-ring (bicyclic) bond motifs is 1. The lowest BCUT2D eigenvalue weighted by molar-refractivity contribution is 0.00354. The Kier molecular flexibility index (Phi) is 4.37. The van der Waals surface area contributed by atoms with Crippen molar-refractivity contribution in [3.05, 3.63) is 39.7 Å². The van der Waals surface area contributed by atoms with Crippen molar-refractivity contribution in [1.82, 2.24) is 9.47 Å². The number of carbonyl (C=O) groups is 1. The van der Waals surface area contributed by atoms with E-state index in [2.05, 4.69) is 4.90 Å². The average molecular weight is 419 g/mol. The van der Waals surface area contributed by atoms with Gasteiger partial charge >= 0.3 is 5.97 Å². The molecule has 1 aliphatic carbocycles. The molecule has 2 N–H and O–H groups in total. The van der Waals surface area contributed by atoms with Gasteiger partial charge in [0.15, 0.2) is 5.82 Å². The van der Waals surface area contributed by atoms with Crippen LogP contribution in [-0.2, 0) is 0 Å². The lowest BCUT2D eigenvalue weighted by atomic mass is 10.0. The molecule has 1 atom stereocenters. The largest absolute Gasteiger partial charge is 0.477 e. The summed E-state index contributed by atoms with van der Waals surface area (Å²) in [7, 11) is 0. The number of nitrogens with zero attached hydrogens (tertiary/aromatic N) is 3. The fourth-order valence-corrected chi connectivity index (χ4v) is 4.65. The molecule has 7 nitrogen and oxygen atoms in total. The van der Waals surface area contributed by atoms with Crippen molar-refractivity contribution in [2.24, 2.45) is 0 Å². The molecule has 3 fully saturated rings. The van der Waals surface area contributed by atoms with Crippen molar-refractivity contribution in [2.45, 2.75) is 37.3 Å². The van der Waals surface area contributed by atoms with Crippen LogP contribution in [0.1, 0.15) is 42.1 Å². The molecular weight excluding hydrogens is 396 g/mol. The molecule has 30 heavy (non-hydrogen) atoms. The Morgan fingerprint density at radius 3 is 2.57 bits per heavy atom. The summed E-state index contributed by atoms with van der Waals surface area (Å²) in [6.45, 7) is 2.70. The van der Waals surface area contributed by atoms with E-state index < -0.39 is 34.2 Å². The van der Waals surface area contributed by atoms with E-state index in [1.54, 1.807) is 0 Å². The number of halogens is 2. The second kappa shape index (κ2) is 6.75. The fraction of sp³-hybridized carbons (Fsp3) is 0.524. The quantitative estimate of drug-likeness (QED) is 0.771. The number of hydrogen-bond donors (Lipinski definition) is 2. The minimum Gasteiger partial charge on any atom is -0.477 e. The maximum Gasteiger partial charge on any atom is 0.341 e. The third kappa shape index (κ3) is 3.07. The van der Waals surface area contributed by atoms with Gasteiger partial charge in [0.05, 0.1) is 16.5 Å². The Morgan fingerprint density at radius 1 is 1.23 bits per heavy atom. The molecule has 0 radical (unpaired) electrons. The number of likely N-dealkylation sites (tertiary alicyclic amines) is 1. The zero-order chi connectivity index (χ0) is 21.2. The van der Waals surface area contributed by atoms with Crippen LogP contribution in [0.15, 0.2) is 17.1 Å². The molecule has 9 heteroatoms. The van der Waals surface area contributed by atoms with Crippen LogP contribution >= 0.6 is 0 Å². The molecule has 1 unspecified atom stereocenters. The Hall–Kier alpha value is -2.52. The lowest BCUT2D eigenvalue weighted by Gasteiger charge is -2.37. The van der Waals surface area contributed by atoms with Crippen LogP contribution in [0.4, 0.5) is 14.5 Å². The van der Waals surface area contributed by atoms with Gasteiger partial charge in [0.1, 0.15) is 17.1 Å². The first-order chi connectivity index (χ1) is 14.3. The zero-order valence-electron chi connectivity index (χ0n) is 16.4. The molecule has 1 aromatic carbocycles. The van der Waals surface area contributed by atoms with Crippen molar-refractivity contribution in [1.29, 1.82) is 0 Å². The number of β-amino-alcohol motifs (C(OH)–C–C–N with tert-alkyl or cyclic N) is 1. The van der Waals surface area contributed by atoms with E-state index in [9.17, 15) is 19.8 Å². The van der Waals surface area contributed by atoms with Gasteiger partial charge < -0.3 is 24.6 Å². The van der Waals surface area contributed by atoms with Gasteiger partial charge in [0, 0.05) is 31.9 Å². The monoisotopic (exact) mass is 419 g/mol. The topological polar surface area (TPSA) is 86.0 Å². The summed E-state index contributed by atoms with van der Waals surface area (Å²) < 4.78 is 32.1. The normalized spacial score (nSPS) is 24.4. The van der Waals surface area contributed by atoms with Gasteiger partial charge in [-0.2, -0.15) is 0 Å². The molecule has 2 saturated heterocycles. The van der Waals surface area contributed by atoms with Crippen molar-refractivity contribution < 1.29 is 23.8 Å². The number of hydrogen-bond acceptors (Lipinski definition) is 5. The number of pyridine rings is 1. The third-order valence-electron chi connectivity index (χ3n) is 6.47. The summed E-state index contributed by atoms with van der Waals surface area (Å²) in [6.07, 6.45) is 4.13. The van der Waals surface area contributed by atoms with Gasteiger partial charge in [0.2, 0.25) is 5.43 Å². The lowest BCUT2D eigenvalue weighted by Crippen LogP contribution is -2.50. The Balaban J connectivity index is 1.60. The maximum atomic E-state index is 15.7. The summed E-state index contributed by atoms with van der Waals surface area (Å²) in [6, 6.07) is 0.828. The van der Waals surface area contributed by atoms with E-state index in [-0.39, 0.29) is 29.2 Å². The van der Waals surface area contributed by atoms with Crippen molar-refractivity contribution >= 4 is 22.6 Å². The SMILES string of the molecule is O=C(O)c1cn(C2CC2)c2c(F)c(N3CCC(O)(CN4CCC4)C3)c(F)cc2c1=O. The van der Waals surface area contributed by atoms with Crippen LogP contribution in [0.2, 0.25) is 0 Å². The number of anilines is 1. The van der Waals surface area contributed by atoms with Crippen LogP contribution in [0.25, 0.3) is 10.9 Å². The number of aromatic carboxylic acids is 1. The van der Waals surface area contributed by atoms with Crippen LogP contribution in [0, 0.1) is 11.6 Å². The Morgan fingerprint density at radius 2 is 1.97 bits per heavy atom. The highest BCUT2D eigenvalue weighted by atomic mass is 19.1. The number of carboxylic acids is 1. The Labute approximate surface area is 171 Å². The molecular formula is C21H23F2N3O4. The van der Waals surface area contributed by atoms with Gasteiger partial charge in [-0.05, 0) is 44.8 Å². The highest BCUT2D eigenvalue weighted by Crippen LogP contribution is 2.40. The minimum absolute atomic E-state index is 0.0675. The van der Waals surface area contributed by atoms with Crippen molar-refractivity contribution in [3.8, 4) is 0 Å². The second-order valence-electron chi connectivity index (χ2n) is 8.76. The summed E-state index contributed by atoms with van der Waals surface area (Å²) in [5, 5.41) is 20.0. The number of benzene rings is 1. The number of aromatic nitrogens is 1. The summed E-state index contributed by atoms with van der Waals surface area (Å²) >= 11 is 0. The van der Waals surface area contributed by atoms with Crippen molar-refractivity contribution in [2.75, 3.05) is 37.6 Å². The highest BCUT2D eigenvalue weighted by Gasteiger charge is 2.41. The molecule has 0 amide bonds. The third-order valence-corrected chi connectivity index (χ3v) is 6.47. The van der Waals surface area contributed by atoms with Gasteiger partial charge in [0.25, 0.3) is 0 Å². The molecule has 1 saturated carbocycles. The molecule has 3 heterocycles. The van der Waals surface area contributed by atoms with E-state index in [0.29, 0.717) is 19.5 Å². The predicted molar refractivity (Wildman–Crippen MR) is 106 cm³/mol. The van der Waals surface area contributed by atoms with E-state index in [1.165, 1.54) is 15.7 Å². The first kappa shape index (κ1) is 19.4. The number of aliphatic hydroxyl groups is 1. The Bertz CT molecular complexity index is 1110. The van der Waals surface area contributed by atoms with Gasteiger partial charge in [-0.25, -0.2) is 13.6 Å². The maximum absolute atomic E-state index is 15.7. The van der Waals surface area contributed by atoms with Gasteiger partial charge in [-0.3, -0.25) is 4.79 Å².